The van der Waals surface area contributed by atoms with Gasteiger partial charge in [0.1, 0.15) is 19.0 Å². The van der Waals surface area contributed by atoms with Gasteiger partial charge in [-0.1, -0.05) is 13.8 Å². The molecule has 0 spiro atoms. The maximum atomic E-state index is 13.2. The predicted octanol–water partition coefficient (Wildman–Crippen LogP) is 2.92. The third kappa shape index (κ3) is 4.98. The summed E-state index contributed by atoms with van der Waals surface area (Å²) < 4.78 is 24.1. The van der Waals surface area contributed by atoms with Crippen LogP contribution in [0.2, 0.25) is 0 Å². The van der Waals surface area contributed by atoms with Crippen LogP contribution in [0.5, 0.6) is 11.5 Å². The van der Waals surface area contributed by atoms with Crippen molar-refractivity contribution >= 4 is 10.9 Å². The molecule has 1 N–H and O–H groups in total. The molecule has 3 aromatic heterocycles. The Bertz CT molecular complexity index is 1360. The number of pyridine rings is 1. The highest BCUT2D eigenvalue weighted by Gasteiger charge is 2.30. The SMILES string of the molecule is COCCn1nnnc1[C@H](C(C)C)N(Cc1ccco1)Cc1cc2cc3c(cc2[nH]c1=O)OCCO3. The summed E-state index contributed by atoms with van der Waals surface area (Å²) in [6.07, 6.45) is 1.65. The second-order valence-electron chi connectivity index (χ2n) is 9.13. The van der Waals surface area contributed by atoms with E-state index in [2.05, 4.69) is 39.3 Å². The number of fused-ring (bicyclic) bond motifs is 2. The summed E-state index contributed by atoms with van der Waals surface area (Å²) >= 11 is 0. The first-order valence-electron chi connectivity index (χ1n) is 12.0. The highest BCUT2D eigenvalue weighted by atomic mass is 16.6. The van der Waals surface area contributed by atoms with Crippen molar-refractivity contribution in [3.05, 3.63) is 64.1 Å². The van der Waals surface area contributed by atoms with Crippen molar-refractivity contribution in [2.24, 2.45) is 5.92 Å². The van der Waals surface area contributed by atoms with Crippen molar-refractivity contribution in [1.82, 2.24) is 30.1 Å². The molecule has 0 saturated heterocycles. The predicted molar refractivity (Wildman–Crippen MR) is 131 cm³/mol. The molecule has 4 heterocycles. The molecule has 190 valence electrons. The molecule has 1 aromatic carbocycles. The number of rotatable bonds is 10. The summed E-state index contributed by atoms with van der Waals surface area (Å²) in [7, 11) is 1.65. The average Bonchev–Trinajstić information content (AvgIpc) is 3.54. The summed E-state index contributed by atoms with van der Waals surface area (Å²) in [5.74, 6) is 2.96. The van der Waals surface area contributed by atoms with Gasteiger partial charge in [-0.3, -0.25) is 9.69 Å². The fraction of sp³-hybridized carbons (Fsp3) is 0.440. The number of tetrazole rings is 1. The molecular formula is C25H30N6O5. The highest BCUT2D eigenvalue weighted by Crippen LogP contribution is 2.34. The lowest BCUT2D eigenvalue weighted by molar-refractivity contribution is 0.112. The number of benzene rings is 1. The molecule has 11 nitrogen and oxygen atoms in total. The van der Waals surface area contributed by atoms with Crippen LogP contribution >= 0.6 is 0 Å². The second kappa shape index (κ2) is 10.5. The molecule has 5 rings (SSSR count). The normalized spacial score (nSPS) is 14.1. The number of hydrogen-bond donors (Lipinski definition) is 1. The van der Waals surface area contributed by atoms with Crippen molar-refractivity contribution in [2.45, 2.75) is 39.5 Å². The van der Waals surface area contributed by atoms with Gasteiger partial charge >= 0.3 is 0 Å². The number of nitrogens with zero attached hydrogens (tertiary/aromatic N) is 5. The number of nitrogens with one attached hydrogen (secondary N) is 1. The number of furan rings is 1. The smallest absolute Gasteiger partial charge is 0.252 e. The van der Waals surface area contributed by atoms with Gasteiger partial charge in [0.2, 0.25) is 0 Å². The third-order valence-electron chi connectivity index (χ3n) is 6.25. The van der Waals surface area contributed by atoms with Crippen LogP contribution in [0.4, 0.5) is 0 Å². The molecular weight excluding hydrogens is 464 g/mol. The molecule has 0 amide bonds. The van der Waals surface area contributed by atoms with E-state index >= 15 is 0 Å². The Morgan fingerprint density at radius 2 is 1.97 bits per heavy atom. The van der Waals surface area contributed by atoms with Crippen molar-refractivity contribution < 1.29 is 18.6 Å². The molecule has 0 saturated carbocycles. The minimum absolute atomic E-state index is 0.143. The third-order valence-corrected chi connectivity index (χ3v) is 6.25. The lowest BCUT2D eigenvalue weighted by Gasteiger charge is -2.33. The number of H-pyrrole nitrogens is 1. The second-order valence-corrected chi connectivity index (χ2v) is 9.13. The Morgan fingerprint density at radius 1 is 1.17 bits per heavy atom. The monoisotopic (exact) mass is 494 g/mol. The Balaban J connectivity index is 1.53. The largest absolute Gasteiger partial charge is 0.486 e. The van der Waals surface area contributed by atoms with Gasteiger partial charge in [-0.05, 0) is 40.6 Å². The van der Waals surface area contributed by atoms with E-state index in [0.717, 1.165) is 11.1 Å². The van der Waals surface area contributed by atoms with Gasteiger partial charge in [0, 0.05) is 30.7 Å². The molecule has 1 aliphatic heterocycles. The zero-order valence-electron chi connectivity index (χ0n) is 20.6. The van der Waals surface area contributed by atoms with Crippen LogP contribution in [0.3, 0.4) is 0 Å². The molecule has 4 aromatic rings. The first kappa shape index (κ1) is 24.0. The molecule has 0 radical (unpaired) electrons. The molecule has 1 aliphatic rings. The first-order chi connectivity index (χ1) is 17.5. The Morgan fingerprint density at radius 3 is 2.69 bits per heavy atom. The molecule has 36 heavy (non-hydrogen) atoms. The van der Waals surface area contributed by atoms with Crippen molar-refractivity contribution in [3.63, 3.8) is 0 Å². The zero-order chi connectivity index (χ0) is 25.1. The zero-order valence-corrected chi connectivity index (χ0v) is 20.6. The number of aromatic amines is 1. The van der Waals surface area contributed by atoms with Crippen molar-refractivity contribution in [2.75, 3.05) is 26.9 Å². The van der Waals surface area contributed by atoms with E-state index in [9.17, 15) is 4.79 Å². The van der Waals surface area contributed by atoms with Gasteiger partial charge in [0.15, 0.2) is 17.3 Å². The minimum atomic E-state index is -0.183. The minimum Gasteiger partial charge on any atom is -0.486 e. The highest BCUT2D eigenvalue weighted by molar-refractivity contribution is 5.83. The van der Waals surface area contributed by atoms with Gasteiger partial charge in [-0.2, -0.15) is 0 Å². The van der Waals surface area contributed by atoms with Gasteiger partial charge in [0.05, 0.1) is 37.5 Å². The van der Waals surface area contributed by atoms with E-state index in [-0.39, 0.29) is 17.5 Å². The molecule has 11 heteroatoms. The van der Waals surface area contributed by atoms with Gasteiger partial charge in [-0.25, -0.2) is 4.68 Å². The van der Waals surface area contributed by atoms with Crippen molar-refractivity contribution in [3.8, 4) is 11.5 Å². The number of aromatic nitrogens is 5. The van der Waals surface area contributed by atoms with Gasteiger partial charge < -0.3 is 23.6 Å². The standard InChI is InChI=1S/C25H30N6O5/c1-16(2)23(24-27-28-29-31(24)6-8-33-3)30(15-19-5-4-7-34-19)14-18-11-17-12-21-22(36-10-9-35-21)13-20(17)26-25(18)32/h4-5,7,11-13,16,23H,6,8-10,14-15H2,1-3H3,(H,26,32)/t23-/m0/s1. The maximum Gasteiger partial charge on any atom is 0.252 e. The van der Waals surface area contributed by atoms with E-state index in [0.29, 0.717) is 67.9 Å². The average molecular weight is 495 g/mol. The Kier molecular flexibility index (Phi) is 7.01. The first-order valence-corrected chi connectivity index (χ1v) is 12.0. The van der Waals surface area contributed by atoms with Gasteiger partial charge in [0.25, 0.3) is 5.56 Å². The number of hydrogen-bond acceptors (Lipinski definition) is 9. The van der Waals surface area contributed by atoms with Crippen LogP contribution in [-0.2, 0) is 24.4 Å². The van der Waals surface area contributed by atoms with E-state index in [1.165, 1.54) is 0 Å². The molecule has 0 fully saturated rings. The van der Waals surface area contributed by atoms with Gasteiger partial charge in [-0.15, -0.1) is 5.10 Å². The van der Waals surface area contributed by atoms with Crippen LogP contribution in [0, 0.1) is 5.92 Å². The van der Waals surface area contributed by atoms with Crippen LogP contribution in [0.1, 0.15) is 37.0 Å². The van der Waals surface area contributed by atoms with Crippen molar-refractivity contribution in [1.29, 1.82) is 0 Å². The van der Waals surface area contributed by atoms with E-state index in [1.807, 2.05) is 30.3 Å². The van der Waals surface area contributed by atoms with Crippen LogP contribution in [0.15, 0.2) is 45.8 Å². The Hall–Kier alpha value is -3.70. The lowest BCUT2D eigenvalue weighted by Crippen LogP contribution is -2.35. The van der Waals surface area contributed by atoms with Crippen LogP contribution < -0.4 is 15.0 Å². The molecule has 1 atom stereocenters. The lowest BCUT2D eigenvalue weighted by atomic mass is 10.00. The van der Waals surface area contributed by atoms with E-state index in [4.69, 9.17) is 18.6 Å². The molecule has 0 unspecified atom stereocenters. The van der Waals surface area contributed by atoms with E-state index in [1.54, 1.807) is 18.1 Å². The summed E-state index contributed by atoms with van der Waals surface area (Å²) in [5, 5.41) is 13.3. The topological polar surface area (TPSA) is 121 Å². The van der Waals surface area contributed by atoms with E-state index < -0.39 is 0 Å². The van der Waals surface area contributed by atoms with Crippen LogP contribution in [-0.4, -0.2) is 57.0 Å². The summed E-state index contributed by atoms with van der Waals surface area (Å²) in [6, 6.07) is 9.23. The summed E-state index contributed by atoms with van der Waals surface area (Å²) in [5.41, 5.74) is 1.16. The molecule has 0 aliphatic carbocycles. The fourth-order valence-electron chi connectivity index (χ4n) is 4.62. The van der Waals surface area contributed by atoms with Crippen LogP contribution in [0.25, 0.3) is 10.9 Å². The number of methoxy groups -OCH3 is 1. The quantitative estimate of drug-likeness (QED) is 0.355. The summed E-state index contributed by atoms with van der Waals surface area (Å²) in [6.45, 7) is 7.07. The Labute approximate surface area is 207 Å². The summed E-state index contributed by atoms with van der Waals surface area (Å²) in [4.78, 5) is 18.4. The molecule has 0 bridgehead atoms. The maximum absolute atomic E-state index is 13.2. The fourth-order valence-corrected chi connectivity index (χ4v) is 4.62. The number of ether oxygens (including phenoxy) is 3.